The van der Waals surface area contributed by atoms with Crippen molar-refractivity contribution < 1.29 is 4.79 Å². The van der Waals surface area contributed by atoms with Gasteiger partial charge in [-0.3, -0.25) is 15.1 Å². The number of benzene rings is 3. The van der Waals surface area contributed by atoms with Gasteiger partial charge in [0.05, 0.1) is 12.0 Å². The Morgan fingerprint density at radius 2 is 1.48 bits per heavy atom. The van der Waals surface area contributed by atoms with Crippen LogP contribution in [0.5, 0.6) is 0 Å². The third-order valence-electron chi connectivity index (χ3n) is 8.70. The minimum Gasteiger partial charge on any atom is -0.370 e. The van der Waals surface area contributed by atoms with E-state index in [4.69, 9.17) is 10.7 Å². The van der Waals surface area contributed by atoms with Gasteiger partial charge in [0.1, 0.15) is 5.54 Å². The van der Waals surface area contributed by atoms with Crippen molar-refractivity contribution in [1.82, 2.24) is 14.9 Å². The molecule has 0 spiro atoms. The van der Waals surface area contributed by atoms with Crippen LogP contribution >= 0.6 is 0 Å². The summed E-state index contributed by atoms with van der Waals surface area (Å²) in [7, 11) is 0. The van der Waals surface area contributed by atoms with Crippen molar-refractivity contribution >= 4 is 11.9 Å². The van der Waals surface area contributed by atoms with E-state index in [1.54, 1.807) is 0 Å². The summed E-state index contributed by atoms with van der Waals surface area (Å²) < 4.78 is 2.23. The van der Waals surface area contributed by atoms with Crippen molar-refractivity contribution in [2.24, 2.45) is 22.6 Å². The molecule has 218 valence electrons. The largest absolute Gasteiger partial charge is 0.370 e. The molecule has 1 heterocycles. The molecule has 5 rings (SSSR count). The molecular formula is C36H43N5O. The molecule has 1 unspecified atom stereocenters. The smallest absolute Gasteiger partial charge is 0.226 e. The summed E-state index contributed by atoms with van der Waals surface area (Å²) in [4.78, 5) is 21.8. The first-order valence-electron chi connectivity index (χ1n) is 15.4. The van der Waals surface area contributed by atoms with E-state index in [9.17, 15) is 4.79 Å². The van der Waals surface area contributed by atoms with Crippen molar-refractivity contribution in [2.45, 2.75) is 63.8 Å². The lowest BCUT2D eigenvalue weighted by molar-refractivity contribution is -0.121. The van der Waals surface area contributed by atoms with Gasteiger partial charge in [-0.2, -0.15) is 0 Å². The van der Waals surface area contributed by atoms with E-state index in [-0.39, 0.29) is 11.9 Å². The number of aliphatic imine (C=N–C) groups is 1. The van der Waals surface area contributed by atoms with E-state index in [1.807, 2.05) is 6.33 Å². The highest BCUT2D eigenvalue weighted by Gasteiger charge is 2.38. The highest BCUT2D eigenvalue weighted by molar-refractivity contribution is 5.96. The molecule has 0 saturated heterocycles. The number of aromatic nitrogens is 2. The van der Waals surface area contributed by atoms with Crippen LogP contribution in [0, 0.1) is 11.8 Å². The van der Waals surface area contributed by atoms with Gasteiger partial charge < -0.3 is 10.3 Å². The van der Waals surface area contributed by atoms with Crippen LogP contribution in [0.25, 0.3) is 0 Å². The summed E-state index contributed by atoms with van der Waals surface area (Å²) in [5, 5.41) is 2.80. The standard InChI is InChI=1S/C36H43N5O/c1-28(29-15-6-2-7-16-29)25-34(42)40-35(37)38-24-14-23-33-26-41(27-39-33)36(30-17-8-3-9-18-30,31-19-10-4-11-20-31)32-21-12-5-13-22-32/h3-5,8-13,17-22,26-29H,2,6-7,14-16,23-25H2,1H3,(H3,37,38,40,42). The summed E-state index contributed by atoms with van der Waals surface area (Å²) in [6.45, 7) is 2.71. The SMILES string of the molecule is CC(CC(=O)NC(N)=NCCCc1cn(C(c2ccccc2)(c2ccccc2)c2ccccc2)cn1)C1CCCCC1. The van der Waals surface area contributed by atoms with E-state index in [0.717, 1.165) is 35.2 Å². The number of carbonyl (C=O) groups is 1. The van der Waals surface area contributed by atoms with E-state index < -0.39 is 5.54 Å². The van der Waals surface area contributed by atoms with Gasteiger partial charge in [0.15, 0.2) is 5.96 Å². The predicted octanol–water partition coefficient (Wildman–Crippen LogP) is 6.69. The Kier molecular flexibility index (Phi) is 9.86. The lowest BCUT2D eigenvalue weighted by atomic mass is 9.77. The molecule has 6 heteroatoms. The Labute approximate surface area is 250 Å². The Balaban J connectivity index is 1.27. The second kappa shape index (κ2) is 14.1. The first kappa shape index (κ1) is 29.3. The molecule has 3 N–H and O–H groups in total. The zero-order chi connectivity index (χ0) is 29.2. The number of rotatable bonds is 11. The lowest BCUT2D eigenvalue weighted by Crippen LogP contribution is -2.38. The zero-order valence-corrected chi connectivity index (χ0v) is 24.7. The van der Waals surface area contributed by atoms with Crippen LogP contribution < -0.4 is 11.1 Å². The molecule has 4 aromatic rings. The summed E-state index contributed by atoms with van der Waals surface area (Å²) in [5.41, 5.74) is 9.97. The molecule has 1 fully saturated rings. The molecule has 3 aromatic carbocycles. The summed E-state index contributed by atoms with van der Waals surface area (Å²) in [5.74, 6) is 1.19. The van der Waals surface area contributed by atoms with E-state index in [0.29, 0.717) is 24.8 Å². The van der Waals surface area contributed by atoms with Gasteiger partial charge in [-0.25, -0.2) is 4.98 Å². The van der Waals surface area contributed by atoms with Crippen LogP contribution in [0.3, 0.4) is 0 Å². The van der Waals surface area contributed by atoms with Crippen molar-refractivity contribution in [2.75, 3.05) is 6.54 Å². The van der Waals surface area contributed by atoms with Crippen LogP contribution in [0.15, 0.2) is 109 Å². The van der Waals surface area contributed by atoms with Gasteiger partial charge in [-0.1, -0.05) is 130 Å². The third-order valence-corrected chi connectivity index (χ3v) is 8.70. The van der Waals surface area contributed by atoms with E-state index >= 15 is 0 Å². The molecular weight excluding hydrogens is 518 g/mol. The van der Waals surface area contributed by atoms with Gasteiger partial charge >= 0.3 is 0 Å². The van der Waals surface area contributed by atoms with Crippen LogP contribution in [0.1, 0.15) is 74.3 Å². The first-order valence-corrected chi connectivity index (χ1v) is 15.4. The van der Waals surface area contributed by atoms with Crippen LogP contribution in [-0.4, -0.2) is 28.0 Å². The molecule has 1 aliphatic carbocycles. The molecule has 1 amide bonds. The first-order chi connectivity index (χ1) is 20.6. The number of nitrogens with one attached hydrogen (secondary N) is 1. The number of hydrogen-bond donors (Lipinski definition) is 2. The summed E-state index contributed by atoms with van der Waals surface area (Å²) >= 11 is 0. The molecule has 42 heavy (non-hydrogen) atoms. The molecule has 0 radical (unpaired) electrons. The number of nitrogens with zero attached hydrogens (tertiary/aromatic N) is 3. The number of aryl methyl sites for hydroxylation is 1. The fraction of sp³-hybridized carbons (Fsp3) is 0.361. The quantitative estimate of drug-likeness (QED) is 0.0926. The average Bonchev–Trinajstić information content (AvgIpc) is 3.51. The second-order valence-corrected chi connectivity index (χ2v) is 11.6. The number of nitrogens with two attached hydrogens (primary N) is 1. The molecule has 1 aliphatic rings. The topological polar surface area (TPSA) is 85.3 Å². The minimum absolute atomic E-state index is 0.0351. The number of amides is 1. The normalized spacial score (nSPS) is 15.3. The number of hydrogen-bond acceptors (Lipinski definition) is 3. The van der Waals surface area contributed by atoms with Crippen molar-refractivity contribution in [3.63, 3.8) is 0 Å². The molecule has 1 atom stereocenters. The lowest BCUT2D eigenvalue weighted by Gasteiger charge is -2.37. The van der Waals surface area contributed by atoms with Crippen molar-refractivity contribution in [3.8, 4) is 0 Å². The van der Waals surface area contributed by atoms with E-state index in [2.05, 4.69) is 119 Å². The van der Waals surface area contributed by atoms with Gasteiger partial charge in [0.25, 0.3) is 0 Å². The highest BCUT2D eigenvalue weighted by atomic mass is 16.1. The van der Waals surface area contributed by atoms with Crippen molar-refractivity contribution in [3.05, 3.63) is 126 Å². The summed E-state index contributed by atoms with van der Waals surface area (Å²) in [6.07, 6.45) is 12.5. The predicted molar refractivity (Wildman–Crippen MR) is 170 cm³/mol. The van der Waals surface area contributed by atoms with Gasteiger partial charge in [0, 0.05) is 19.2 Å². The molecule has 0 aliphatic heterocycles. The monoisotopic (exact) mass is 561 g/mol. The number of imidazole rings is 1. The third kappa shape index (κ3) is 6.81. The molecule has 0 bridgehead atoms. The maximum absolute atomic E-state index is 12.5. The maximum atomic E-state index is 12.5. The zero-order valence-electron chi connectivity index (χ0n) is 24.7. The Bertz CT molecular complexity index is 1330. The van der Waals surface area contributed by atoms with Gasteiger partial charge in [0.2, 0.25) is 5.91 Å². The Morgan fingerprint density at radius 3 is 2.02 bits per heavy atom. The fourth-order valence-corrected chi connectivity index (χ4v) is 6.52. The van der Waals surface area contributed by atoms with Gasteiger partial charge in [-0.05, 0) is 41.4 Å². The Hall–Kier alpha value is -4.19. The molecule has 1 aromatic heterocycles. The summed E-state index contributed by atoms with van der Waals surface area (Å²) in [6, 6.07) is 31.8. The highest BCUT2D eigenvalue weighted by Crippen LogP contribution is 2.40. The Morgan fingerprint density at radius 1 is 0.929 bits per heavy atom. The fourth-order valence-electron chi connectivity index (χ4n) is 6.52. The maximum Gasteiger partial charge on any atom is 0.226 e. The number of carbonyl (C=O) groups excluding carboxylic acids is 1. The average molecular weight is 562 g/mol. The van der Waals surface area contributed by atoms with Crippen molar-refractivity contribution in [1.29, 1.82) is 0 Å². The second-order valence-electron chi connectivity index (χ2n) is 11.6. The van der Waals surface area contributed by atoms with Gasteiger partial charge in [-0.15, -0.1) is 0 Å². The molecule has 6 nitrogen and oxygen atoms in total. The van der Waals surface area contributed by atoms with E-state index in [1.165, 1.54) is 32.1 Å². The van der Waals surface area contributed by atoms with Crippen LogP contribution in [0.2, 0.25) is 0 Å². The number of guanidine groups is 1. The van der Waals surface area contributed by atoms with Crippen LogP contribution in [-0.2, 0) is 16.8 Å². The molecule has 1 saturated carbocycles. The van der Waals surface area contributed by atoms with Crippen LogP contribution in [0.4, 0.5) is 0 Å². The minimum atomic E-state index is -0.573.